The van der Waals surface area contributed by atoms with Crippen molar-refractivity contribution in [2.45, 2.75) is 58.3 Å². The van der Waals surface area contributed by atoms with Crippen LogP contribution in [-0.4, -0.2) is 5.33 Å². The van der Waals surface area contributed by atoms with Crippen molar-refractivity contribution in [1.82, 2.24) is 0 Å². The van der Waals surface area contributed by atoms with E-state index in [1.807, 2.05) is 0 Å². The van der Waals surface area contributed by atoms with Gasteiger partial charge in [-0.2, -0.15) is 0 Å². The number of benzene rings is 2. The number of alkyl halides is 1. The second-order valence-electron chi connectivity index (χ2n) is 8.81. The van der Waals surface area contributed by atoms with E-state index >= 15 is 0 Å². The molecule has 0 saturated heterocycles. The zero-order valence-corrected chi connectivity index (χ0v) is 16.7. The van der Waals surface area contributed by atoms with E-state index in [-0.39, 0.29) is 10.8 Å². The van der Waals surface area contributed by atoms with Crippen LogP contribution < -0.4 is 0 Å². The molecule has 0 aromatic heterocycles. The standard InChI is InChI=1S/C22H27Br/c1-21(2,3)14-7-9-16-17-10-8-15(22(4,5)6)12-19(17)20(13-23)18(16)11-14/h7-12,20H,13H2,1-6H3. The molecular weight excluding hydrogens is 344 g/mol. The molecule has 2 aromatic rings. The molecule has 3 rings (SSSR count). The van der Waals surface area contributed by atoms with Crippen molar-refractivity contribution in [3.8, 4) is 11.1 Å². The van der Waals surface area contributed by atoms with Crippen LogP contribution in [0.5, 0.6) is 0 Å². The minimum atomic E-state index is 0.192. The molecule has 0 heterocycles. The van der Waals surface area contributed by atoms with Gasteiger partial charge in [0, 0.05) is 11.2 Å². The molecule has 0 amide bonds. The minimum absolute atomic E-state index is 0.192. The predicted molar refractivity (Wildman–Crippen MR) is 105 cm³/mol. The number of hydrogen-bond acceptors (Lipinski definition) is 0. The van der Waals surface area contributed by atoms with Crippen molar-refractivity contribution in [2.75, 3.05) is 5.33 Å². The molecule has 2 aromatic carbocycles. The van der Waals surface area contributed by atoms with Crippen LogP contribution in [0, 0.1) is 0 Å². The summed E-state index contributed by atoms with van der Waals surface area (Å²) in [5, 5.41) is 0.980. The molecule has 0 bridgehead atoms. The first-order chi connectivity index (χ1) is 10.6. The van der Waals surface area contributed by atoms with Crippen molar-refractivity contribution in [3.05, 3.63) is 58.7 Å². The van der Waals surface area contributed by atoms with E-state index in [0.29, 0.717) is 5.92 Å². The van der Waals surface area contributed by atoms with E-state index in [1.54, 1.807) is 0 Å². The summed E-state index contributed by atoms with van der Waals surface area (Å²) in [4.78, 5) is 0. The highest BCUT2D eigenvalue weighted by Crippen LogP contribution is 2.47. The summed E-state index contributed by atoms with van der Waals surface area (Å²) in [5.41, 5.74) is 9.02. The van der Waals surface area contributed by atoms with Crippen molar-refractivity contribution in [3.63, 3.8) is 0 Å². The maximum Gasteiger partial charge on any atom is 0.0199 e. The van der Waals surface area contributed by atoms with Gasteiger partial charge in [-0.1, -0.05) is 93.9 Å². The van der Waals surface area contributed by atoms with Crippen molar-refractivity contribution < 1.29 is 0 Å². The molecule has 0 radical (unpaired) electrons. The average molecular weight is 371 g/mol. The maximum absolute atomic E-state index is 3.77. The van der Waals surface area contributed by atoms with E-state index in [2.05, 4.69) is 93.9 Å². The summed E-state index contributed by atoms with van der Waals surface area (Å²) in [7, 11) is 0. The summed E-state index contributed by atoms with van der Waals surface area (Å²) in [5.74, 6) is 0.463. The fraction of sp³-hybridized carbons (Fsp3) is 0.455. The van der Waals surface area contributed by atoms with Gasteiger partial charge in [-0.3, -0.25) is 0 Å². The van der Waals surface area contributed by atoms with E-state index in [9.17, 15) is 0 Å². The zero-order valence-electron chi connectivity index (χ0n) is 15.1. The highest BCUT2D eigenvalue weighted by Gasteiger charge is 2.30. The first-order valence-corrected chi connectivity index (χ1v) is 9.60. The number of rotatable bonds is 1. The molecule has 0 nitrogen and oxygen atoms in total. The van der Waals surface area contributed by atoms with Gasteiger partial charge < -0.3 is 0 Å². The van der Waals surface area contributed by atoms with Crippen molar-refractivity contribution in [1.29, 1.82) is 0 Å². The molecule has 0 saturated carbocycles. The molecule has 1 aliphatic carbocycles. The van der Waals surface area contributed by atoms with Crippen LogP contribution in [-0.2, 0) is 10.8 Å². The Morgan fingerprint density at radius 2 is 1.13 bits per heavy atom. The first-order valence-electron chi connectivity index (χ1n) is 8.48. The van der Waals surface area contributed by atoms with Crippen LogP contribution in [0.4, 0.5) is 0 Å². The monoisotopic (exact) mass is 370 g/mol. The first kappa shape index (κ1) is 16.8. The molecular formula is C22H27Br. The SMILES string of the molecule is CC(C)(C)c1ccc2c(c1)C(CBr)c1cc(C(C)(C)C)ccc1-2. The third-order valence-electron chi connectivity index (χ3n) is 5.03. The fourth-order valence-corrected chi connectivity index (χ4v) is 4.16. The Bertz CT molecular complexity index is 678. The van der Waals surface area contributed by atoms with Gasteiger partial charge in [0.1, 0.15) is 0 Å². The predicted octanol–water partition coefficient (Wildman–Crippen LogP) is 6.79. The van der Waals surface area contributed by atoms with Gasteiger partial charge in [0.2, 0.25) is 0 Å². The molecule has 0 unspecified atom stereocenters. The van der Waals surface area contributed by atoms with Gasteiger partial charge in [-0.25, -0.2) is 0 Å². The summed E-state index contributed by atoms with van der Waals surface area (Å²) in [6, 6.07) is 14.1. The van der Waals surface area contributed by atoms with E-state index in [4.69, 9.17) is 0 Å². The molecule has 122 valence electrons. The second kappa shape index (κ2) is 5.48. The van der Waals surface area contributed by atoms with Crippen LogP contribution in [0.1, 0.15) is 69.7 Å². The third kappa shape index (κ3) is 2.89. The summed E-state index contributed by atoms with van der Waals surface area (Å²) < 4.78 is 0. The fourth-order valence-electron chi connectivity index (χ4n) is 3.46. The Labute approximate surface area is 149 Å². The van der Waals surface area contributed by atoms with Crippen LogP contribution in [0.25, 0.3) is 11.1 Å². The van der Waals surface area contributed by atoms with Gasteiger partial charge in [0.25, 0.3) is 0 Å². The third-order valence-corrected chi connectivity index (χ3v) is 5.68. The van der Waals surface area contributed by atoms with Gasteiger partial charge in [-0.05, 0) is 44.2 Å². The van der Waals surface area contributed by atoms with Crippen LogP contribution in [0.2, 0.25) is 0 Å². The molecule has 0 spiro atoms. The second-order valence-corrected chi connectivity index (χ2v) is 9.46. The zero-order chi connectivity index (χ0) is 17.0. The van der Waals surface area contributed by atoms with E-state index in [1.165, 1.54) is 33.4 Å². The topological polar surface area (TPSA) is 0 Å². The molecule has 0 fully saturated rings. The van der Waals surface area contributed by atoms with Crippen molar-refractivity contribution in [2.24, 2.45) is 0 Å². The lowest BCUT2D eigenvalue weighted by Crippen LogP contribution is -2.12. The molecule has 23 heavy (non-hydrogen) atoms. The van der Waals surface area contributed by atoms with E-state index in [0.717, 1.165) is 5.33 Å². The number of fused-ring (bicyclic) bond motifs is 3. The van der Waals surface area contributed by atoms with Crippen LogP contribution in [0.15, 0.2) is 36.4 Å². The Morgan fingerprint density at radius 1 is 0.739 bits per heavy atom. The molecule has 1 aliphatic rings. The highest BCUT2D eigenvalue weighted by molar-refractivity contribution is 9.09. The van der Waals surface area contributed by atoms with Crippen LogP contribution in [0.3, 0.4) is 0 Å². The quantitative estimate of drug-likeness (QED) is 0.484. The largest absolute Gasteiger partial charge is 0.0918 e. The van der Waals surface area contributed by atoms with Gasteiger partial charge in [0.15, 0.2) is 0 Å². The maximum atomic E-state index is 3.77. The highest BCUT2D eigenvalue weighted by atomic mass is 79.9. The minimum Gasteiger partial charge on any atom is -0.0918 e. The Balaban J connectivity index is 2.17. The summed E-state index contributed by atoms with van der Waals surface area (Å²) in [6.45, 7) is 13.7. The van der Waals surface area contributed by atoms with Crippen molar-refractivity contribution >= 4 is 15.9 Å². The van der Waals surface area contributed by atoms with E-state index < -0.39 is 0 Å². The smallest absolute Gasteiger partial charge is 0.0199 e. The summed E-state index contributed by atoms with van der Waals surface area (Å²) in [6.07, 6.45) is 0. The Kier molecular flexibility index (Phi) is 3.99. The van der Waals surface area contributed by atoms with Crippen LogP contribution >= 0.6 is 15.9 Å². The number of hydrogen-bond donors (Lipinski definition) is 0. The molecule has 0 aliphatic heterocycles. The normalized spacial score (nSPS) is 14.7. The average Bonchev–Trinajstić information content (AvgIpc) is 2.77. The number of halogens is 1. The summed E-state index contributed by atoms with van der Waals surface area (Å²) >= 11 is 3.77. The Morgan fingerprint density at radius 3 is 1.43 bits per heavy atom. The Hall–Kier alpha value is -1.08. The lowest BCUT2D eigenvalue weighted by Gasteiger charge is -2.22. The molecule has 0 atom stereocenters. The van der Waals surface area contributed by atoms with Gasteiger partial charge in [0.05, 0.1) is 0 Å². The van der Waals surface area contributed by atoms with Gasteiger partial charge in [-0.15, -0.1) is 0 Å². The lowest BCUT2D eigenvalue weighted by atomic mass is 9.84. The van der Waals surface area contributed by atoms with Gasteiger partial charge >= 0.3 is 0 Å². The molecule has 1 heteroatoms. The lowest BCUT2D eigenvalue weighted by molar-refractivity contribution is 0.588. The molecule has 0 N–H and O–H groups in total.